The molecule has 1 aromatic rings. The number of aromatic nitrogens is 1. The minimum absolute atomic E-state index is 0.609. The Kier molecular flexibility index (Phi) is 1.47. The van der Waals surface area contributed by atoms with Gasteiger partial charge in [0, 0.05) is 11.4 Å². The van der Waals surface area contributed by atoms with Gasteiger partial charge in [0.1, 0.15) is 5.01 Å². The van der Waals surface area contributed by atoms with Gasteiger partial charge < -0.3 is 5.73 Å². The molecule has 54 valence electrons. The van der Waals surface area contributed by atoms with Crippen molar-refractivity contribution in [2.24, 2.45) is 5.73 Å². The van der Waals surface area contributed by atoms with E-state index < -0.39 is 0 Å². The summed E-state index contributed by atoms with van der Waals surface area (Å²) in [6, 6.07) is 0. The molecule has 0 saturated carbocycles. The van der Waals surface area contributed by atoms with E-state index in [1.54, 1.807) is 11.3 Å². The molecule has 0 spiro atoms. The van der Waals surface area contributed by atoms with Crippen LogP contribution in [0.3, 0.4) is 0 Å². The van der Waals surface area contributed by atoms with Crippen molar-refractivity contribution >= 4 is 11.3 Å². The Bertz CT molecular complexity index is 220. The van der Waals surface area contributed by atoms with E-state index in [2.05, 4.69) is 4.98 Å². The van der Waals surface area contributed by atoms with Crippen molar-refractivity contribution < 1.29 is 0 Å². The molecule has 1 heterocycles. The van der Waals surface area contributed by atoms with Gasteiger partial charge in [0.15, 0.2) is 0 Å². The van der Waals surface area contributed by atoms with Crippen molar-refractivity contribution in [1.82, 2.24) is 4.98 Å². The van der Waals surface area contributed by atoms with E-state index >= 15 is 0 Å². The molecule has 0 aliphatic heterocycles. The van der Waals surface area contributed by atoms with Crippen LogP contribution in [0.1, 0.15) is 22.0 Å². The molecular weight excluding hydrogens is 144 g/mol. The summed E-state index contributed by atoms with van der Waals surface area (Å²) < 4.78 is 0. The number of fused-ring (bicyclic) bond motifs is 1. The van der Waals surface area contributed by atoms with Crippen LogP contribution in [0, 0.1) is 0 Å². The number of nitrogens with two attached hydrogens (primary N) is 1. The molecule has 10 heavy (non-hydrogen) atoms. The molecule has 0 saturated heterocycles. The molecule has 1 aliphatic carbocycles. The summed E-state index contributed by atoms with van der Waals surface area (Å²) in [4.78, 5) is 5.88. The summed E-state index contributed by atoms with van der Waals surface area (Å²) in [5, 5.41) is 1.10. The number of nitrogens with zero attached hydrogens (tertiary/aromatic N) is 1. The molecule has 2 rings (SSSR count). The molecule has 1 aromatic heterocycles. The van der Waals surface area contributed by atoms with Crippen LogP contribution in [0.25, 0.3) is 0 Å². The normalized spacial score (nSPS) is 15.7. The number of hydrogen-bond donors (Lipinski definition) is 1. The first-order chi connectivity index (χ1) is 4.90. The Labute approximate surface area is 64.1 Å². The zero-order chi connectivity index (χ0) is 6.97. The molecule has 1 aliphatic rings. The van der Waals surface area contributed by atoms with Gasteiger partial charge in [0.2, 0.25) is 0 Å². The number of aryl methyl sites for hydroxylation is 2. The molecule has 0 amide bonds. The highest BCUT2D eigenvalue weighted by molar-refractivity contribution is 7.11. The van der Waals surface area contributed by atoms with Crippen LogP contribution < -0.4 is 5.73 Å². The second-order valence-electron chi connectivity index (χ2n) is 2.54. The van der Waals surface area contributed by atoms with Gasteiger partial charge >= 0.3 is 0 Å². The average Bonchev–Trinajstić information content (AvgIpc) is 2.42. The maximum Gasteiger partial charge on any atom is 0.107 e. The molecule has 0 aromatic carbocycles. The number of thiazole rings is 1. The van der Waals surface area contributed by atoms with E-state index in [9.17, 15) is 0 Å². The third-order valence-corrected chi connectivity index (χ3v) is 2.99. The summed E-state index contributed by atoms with van der Waals surface area (Å²) in [5.74, 6) is 0. The van der Waals surface area contributed by atoms with Crippen LogP contribution in [0.2, 0.25) is 0 Å². The number of hydrogen-bond acceptors (Lipinski definition) is 3. The lowest BCUT2D eigenvalue weighted by atomic mass is 10.4. The lowest BCUT2D eigenvalue weighted by molar-refractivity contribution is 0.888. The minimum atomic E-state index is 0.609. The van der Waals surface area contributed by atoms with Crippen LogP contribution in [0.4, 0.5) is 0 Å². The summed E-state index contributed by atoms with van der Waals surface area (Å²) in [6.07, 6.45) is 3.69. The van der Waals surface area contributed by atoms with Crippen LogP contribution >= 0.6 is 11.3 Å². The zero-order valence-corrected chi connectivity index (χ0v) is 6.58. The van der Waals surface area contributed by atoms with E-state index in [-0.39, 0.29) is 0 Å². The molecule has 2 nitrogen and oxygen atoms in total. The largest absolute Gasteiger partial charge is 0.325 e. The second-order valence-corrected chi connectivity index (χ2v) is 3.70. The lowest BCUT2D eigenvalue weighted by Crippen LogP contribution is -1.95. The molecular formula is C7H10N2S. The van der Waals surface area contributed by atoms with Gasteiger partial charge in [-0.3, -0.25) is 0 Å². The standard InChI is InChI=1S/C7H10N2S/c8-4-7-9-5-2-1-3-6(5)10-7/h1-4,8H2. The van der Waals surface area contributed by atoms with Crippen LogP contribution in [0.15, 0.2) is 0 Å². The molecule has 2 N–H and O–H groups in total. The van der Waals surface area contributed by atoms with Crippen molar-refractivity contribution in [3.63, 3.8) is 0 Å². The predicted molar refractivity (Wildman–Crippen MR) is 42.0 cm³/mol. The highest BCUT2D eigenvalue weighted by Gasteiger charge is 2.15. The smallest absolute Gasteiger partial charge is 0.107 e. The minimum Gasteiger partial charge on any atom is -0.325 e. The fourth-order valence-corrected chi connectivity index (χ4v) is 2.37. The summed E-state index contributed by atoms with van der Waals surface area (Å²) in [7, 11) is 0. The monoisotopic (exact) mass is 154 g/mol. The Morgan fingerprint density at radius 1 is 1.50 bits per heavy atom. The average molecular weight is 154 g/mol. The topological polar surface area (TPSA) is 38.9 Å². The van der Waals surface area contributed by atoms with Gasteiger partial charge in [-0.25, -0.2) is 4.98 Å². The highest BCUT2D eigenvalue weighted by atomic mass is 32.1. The molecule has 3 heteroatoms. The van der Waals surface area contributed by atoms with Gasteiger partial charge in [0.25, 0.3) is 0 Å². The summed E-state index contributed by atoms with van der Waals surface area (Å²) in [5.41, 5.74) is 6.77. The second kappa shape index (κ2) is 2.32. The fourth-order valence-electron chi connectivity index (χ4n) is 1.33. The zero-order valence-electron chi connectivity index (χ0n) is 5.76. The maximum atomic E-state index is 5.46. The predicted octanol–water partition coefficient (Wildman–Crippen LogP) is 1.09. The quantitative estimate of drug-likeness (QED) is 0.657. The van der Waals surface area contributed by atoms with Crippen LogP contribution in [-0.4, -0.2) is 4.98 Å². The van der Waals surface area contributed by atoms with Gasteiger partial charge in [-0.15, -0.1) is 11.3 Å². The van der Waals surface area contributed by atoms with Crippen molar-refractivity contribution in [1.29, 1.82) is 0 Å². The Balaban J connectivity index is 2.37. The summed E-state index contributed by atoms with van der Waals surface area (Å²) >= 11 is 1.79. The fraction of sp³-hybridized carbons (Fsp3) is 0.571. The molecule has 0 bridgehead atoms. The third kappa shape index (κ3) is 0.859. The third-order valence-electron chi connectivity index (χ3n) is 1.81. The van der Waals surface area contributed by atoms with E-state index in [0.29, 0.717) is 6.54 Å². The van der Waals surface area contributed by atoms with Crippen molar-refractivity contribution in [3.8, 4) is 0 Å². The van der Waals surface area contributed by atoms with Gasteiger partial charge in [-0.1, -0.05) is 0 Å². The first-order valence-corrected chi connectivity index (χ1v) is 4.39. The number of rotatable bonds is 1. The molecule has 0 radical (unpaired) electrons. The SMILES string of the molecule is NCc1nc2c(s1)CCC2. The Hall–Kier alpha value is -0.410. The first kappa shape index (κ1) is 6.31. The van der Waals surface area contributed by atoms with E-state index in [1.165, 1.54) is 29.8 Å². The molecule has 0 atom stereocenters. The van der Waals surface area contributed by atoms with E-state index in [0.717, 1.165) is 5.01 Å². The van der Waals surface area contributed by atoms with Gasteiger partial charge in [0.05, 0.1) is 5.69 Å². The first-order valence-electron chi connectivity index (χ1n) is 3.57. The summed E-state index contributed by atoms with van der Waals surface area (Å²) in [6.45, 7) is 0.609. The van der Waals surface area contributed by atoms with Gasteiger partial charge in [-0.05, 0) is 19.3 Å². The van der Waals surface area contributed by atoms with Crippen molar-refractivity contribution in [3.05, 3.63) is 15.6 Å². The van der Waals surface area contributed by atoms with Crippen molar-refractivity contribution in [2.75, 3.05) is 0 Å². The van der Waals surface area contributed by atoms with Crippen LogP contribution in [-0.2, 0) is 19.4 Å². The molecule has 0 fully saturated rings. The Morgan fingerprint density at radius 3 is 3.10 bits per heavy atom. The van der Waals surface area contributed by atoms with E-state index in [4.69, 9.17) is 5.73 Å². The highest BCUT2D eigenvalue weighted by Crippen LogP contribution is 2.26. The molecule has 0 unspecified atom stereocenters. The maximum absolute atomic E-state index is 5.46. The van der Waals surface area contributed by atoms with Crippen molar-refractivity contribution in [2.45, 2.75) is 25.8 Å². The lowest BCUT2D eigenvalue weighted by Gasteiger charge is -1.85. The Morgan fingerprint density at radius 2 is 2.40 bits per heavy atom. The van der Waals surface area contributed by atoms with E-state index in [1.807, 2.05) is 0 Å². The van der Waals surface area contributed by atoms with Crippen LogP contribution in [0.5, 0.6) is 0 Å². The van der Waals surface area contributed by atoms with Gasteiger partial charge in [-0.2, -0.15) is 0 Å².